The maximum Gasteiger partial charge on any atom is 0.242 e. The van der Waals surface area contributed by atoms with E-state index in [1.165, 1.54) is 6.26 Å². The number of amides is 2. The Bertz CT molecular complexity index is 415. The molecule has 0 saturated carbocycles. The quantitative estimate of drug-likeness (QED) is 0.694. The van der Waals surface area contributed by atoms with E-state index >= 15 is 0 Å². The SMILES string of the molecule is CC(NC(=O)[C@@H](N)C(C)C)C(=O)NCc1ccco1. The topological polar surface area (TPSA) is 97.4 Å². The number of carbonyl (C=O) groups is 2. The van der Waals surface area contributed by atoms with Gasteiger partial charge in [0, 0.05) is 0 Å². The minimum atomic E-state index is -0.632. The Balaban J connectivity index is 2.38. The second-order valence-corrected chi connectivity index (χ2v) is 4.80. The second-order valence-electron chi connectivity index (χ2n) is 4.80. The van der Waals surface area contributed by atoms with Crippen molar-refractivity contribution in [1.29, 1.82) is 0 Å². The number of furan rings is 1. The van der Waals surface area contributed by atoms with Crippen molar-refractivity contribution < 1.29 is 14.0 Å². The number of hydrogen-bond acceptors (Lipinski definition) is 4. The van der Waals surface area contributed by atoms with Gasteiger partial charge in [-0.05, 0) is 25.0 Å². The lowest BCUT2D eigenvalue weighted by Crippen LogP contribution is -2.51. The summed E-state index contributed by atoms with van der Waals surface area (Å²) in [6.07, 6.45) is 1.54. The van der Waals surface area contributed by atoms with Crippen LogP contribution in [-0.4, -0.2) is 23.9 Å². The second kappa shape index (κ2) is 6.94. The number of rotatable bonds is 6. The molecule has 0 bridgehead atoms. The first kappa shape index (κ1) is 15.2. The molecule has 1 rings (SSSR count). The van der Waals surface area contributed by atoms with Gasteiger partial charge in [0.2, 0.25) is 11.8 Å². The highest BCUT2D eigenvalue weighted by molar-refractivity contribution is 5.89. The van der Waals surface area contributed by atoms with Gasteiger partial charge >= 0.3 is 0 Å². The van der Waals surface area contributed by atoms with E-state index in [-0.39, 0.29) is 17.7 Å². The largest absolute Gasteiger partial charge is 0.467 e. The average molecular weight is 267 g/mol. The summed E-state index contributed by atoms with van der Waals surface area (Å²) >= 11 is 0. The van der Waals surface area contributed by atoms with Crippen LogP contribution in [0.1, 0.15) is 26.5 Å². The molecule has 0 fully saturated rings. The zero-order valence-corrected chi connectivity index (χ0v) is 11.5. The highest BCUT2D eigenvalue weighted by Gasteiger charge is 2.21. The van der Waals surface area contributed by atoms with Crippen LogP contribution >= 0.6 is 0 Å². The first-order valence-corrected chi connectivity index (χ1v) is 6.28. The van der Waals surface area contributed by atoms with Crippen LogP contribution in [0, 0.1) is 5.92 Å². The van der Waals surface area contributed by atoms with Gasteiger partial charge in [-0.2, -0.15) is 0 Å². The molecule has 0 radical (unpaired) electrons. The Morgan fingerprint density at radius 1 is 1.32 bits per heavy atom. The van der Waals surface area contributed by atoms with Crippen molar-refractivity contribution in [2.24, 2.45) is 11.7 Å². The van der Waals surface area contributed by atoms with Crippen molar-refractivity contribution in [3.8, 4) is 0 Å². The van der Waals surface area contributed by atoms with E-state index in [2.05, 4.69) is 10.6 Å². The first-order valence-electron chi connectivity index (χ1n) is 6.28. The normalized spacial score (nSPS) is 13.9. The van der Waals surface area contributed by atoms with Crippen LogP contribution in [0.2, 0.25) is 0 Å². The monoisotopic (exact) mass is 267 g/mol. The highest BCUT2D eigenvalue weighted by Crippen LogP contribution is 2.00. The lowest BCUT2D eigenvalue weighted by atomic mass is 10.0. The molecule has 1 heterocycles. The van der Waals surface area contributed by atoms with Gasteiger partial charge in [-0.25, -0.2) is 0 Å². The summed E-state index contributed by atoms with van der Waals surface area (Å²) in [4.78, 5) is 23.5. The Labute approximate surface area is 112 Å². The molecule has 2 amide bonds. The Morgan fingerprint density at radius 2 is 2.00 bits per heavy atom. The van der Waals surface area contributed by atoms with Crippen molar-refractivity contribution in [3.05, 3.63) is 24.2 Å². The van der Waals surface area contributed by atoms with Crippen molar-refractivity contribution in [3.63, 3.8) is 0 Å². The van der Waals surface area contributed by atoms with Crippen LogP contribution in [0.3, 0.4) is 0 Å². The van der Waals surface area contributed by atoms with Crippen LogP contribution in [0.5, 0.6) is 0 Å². The fourth-order valence-corrected chi connectivity index (χ4v) is 1.42. The molecule has 1 aromatic heterocycles. The number of nitrogens with two attached hydrogens (primary N) is 1. The van der Waals surface area contributed by atoms with Gasteiger partial charge in [0.15, 0.2) is 0 Å². The van der Waals surface area contributed by atoms with Gasteiger partial charge in [-0.3, -0.25) is 9.59 Å². The van der Waals surface area contributed by atoms with E-state index in [1.807, 2.05) is 13.8 Å². The fraction of sp³-hybridized carbons (Fsp3) is 0.538. The third-order valence-electron chi connectivity index (χ3n) is 2.79. The lowest BCUT2D eigenvalue weighted by molar-refractivity contribution is -0.129. The van der Waals surface area contributed by atoms with Crippen LogP contribution in [-0.2, 0) is 16.1 Å². The van der Waals surface area contributed by atoms with E-state index in [0.29, 0.717) is 12.3 Å². The lowest BCUT2D eigenvalue weighted by Gasteiger charge is -2.19. The highest BCUT2D eigenvalue weighted by atomic mass is 16.3. The van der Waals surface area contributed by atoms with Crippen LogP contribution in [0.15, 0.2) is 22.8 Å². The molecule has 1 unspecified atom stereocenters. The van der Waals surface area contributed by atoms with Gasteiger partial charge < -0.3 is 20.8 Å². The van der Waals surface area contributed by atoms with Gasteiger partial charge in [0.1, 0.15) is 11.8 Å². The molecule has 0 aliphatic rings. The van der Waals surface area contributed by atoms with Crippen LogP contribution in [0.25, 0.3) is 0 Å². The maximum absolute atomic E-state index is 11.8. The van der Waals surface area contributed by atoms with Crippen LogP contribution in [0.4, 0.5) is 0 Å². The molecule has 6 heteroatoms. The third-order valence-corrected chi connectivity index (χ3v) is 2.79. The van der Waals surface area contributed by atoms with Gasteiger partial charge in [-0.15, -0.1) is 0 Å². The molecule has 0 aliphatic heterocycles. The maximum atomic E-state index is 11.8. The van der Waals surface area contributed by atoms with E-state index in [9.17, 15) is 9.59 Å². The molecule has 6 nitrogen and oxygen atoms in total. The summed E-state index contributed by atoms with van der Waals surface area (Å²) in [7, 11) is 0. The molecule has 0 saturated heterocycles. The van der Waals surface area contributed by atoms with E-state index in [0.717, 1.165) is 0 Å². The number of nitrogens with one attached hydrogen (secondary N) is 2. The van der Waals surface area contributed by atoms with Crippen molar-refractivity contribution in [2.45, 2.75) is 39.4 Å². The molecule has 1 aromatic rings. The standard InChI is InChI=1S/C13H21N3O3/c1-8(2)11(14)13(18)16-9(3)12(17)15-7-10-5-4-6-19-10/h4-6,8-9,11H,7,14H2,1-3H3,(H,15,17)(H,16,18)/t9?,11-/m0/s1. The van der Waals surface area contributed by atoms with E-state index in [1.54, 1.807) is 19.1 Å². The smallest absolute Gasteiger partial charge is 0.242 e. The summed E-state index contributed by atoms with van der Waals surface area (Å²) < 4.78 is 5.09. The molecule has 19 heavy (non-hydrogen) atoms. The zero-order valence-electron chi connectivity index (χ0n) is 11.5. The molecule has 106 valence electrons. The third kappa shape index (κ3) is 4.75. The summed E-state index contributed by atoms with van der Waals surface area (Å²) in [5.74, 6) is 0.0838. The van der Waals surface area contributed by atoms with E-state index in [4.69, 9.17) is 10.2 Å². The van der Waals surface area contributed by atoms with Crippen molar-refractivity contribution in [2.75, 3.05) is 0 Å². The summed E-state index contributed by atoms with van der Waals surface area (Å²) in [6.45, 7) is 5.61. The molecule has 0 spiro atoms. The van der Waals surface area contributed by atoms with Crippen molar-refractivity contribution >= 4 is 11.8 Å². The molecule has 0 aromatic carbocycles. The summed E-state index contributed by atoms with van der Waals surface area (Å²) in [6, 6.07) is 2.26. The zero-order chi connectivity index (χ0) is 14.4. The Kier molecular flexibility index (Phi) is 5.57. The Morgan fingerprint density at radius 3 is 2.53 bits per heavy atom. The molecule has 2 atom stereocenters. The summed E-state index contributed by atoms with van der Waals surface area (Å²) in [5, 5.41) is 5.25. The molecular weight excluding hydrogens is 246 g/mol. The molecule has 0 aliphatic carbocycles. The predicted octanol–water partition coefficient (Wildman–Crippen LogP) is 0.384. The fourth-order valence-electron chi connectivity index (χ4n) is 1.42. The van der Waals surface area contributed by atoms with Crippen LogP contribution < -0.4 is 16.4 Å². The minimum absolute atomic E-state index is 0.0263. The number of carbonyl (C=O) groups excluding carboxylic acids is 2. The van der Waals surface area contributed by atoms with Crippen molar-refractivity contribution in [1.82, 2.24) is 10.6 Å². The predicted molar refractivity (Wildman–Crippen MR) is 71.0 cm³/mol. The minimum Gasteiger partial charge on any atom is -0.467 e. The first-order chi connectivity index (χ1) is 8.91. The molecule has 4 N–H and O–H groups in total. The van der Waals surface area contributed by atoms with Gasteiger partial charge in [0.25, 0.3) is 0 Å². The molecular formula is C13H21N3O3. The van der Waals surface area contributed by atoms with Gasteiger partial charge in [-0.1, -0.05) is 13.8 Å². The summed E-state index contributed by atoms with van der Waals surface area (Å²) in [5.41, 5.74) is 5.70. The Hall–Kier alpha value is -1.82. The average Bonchev–Trinajstić information content (AvgIpc) is 2.87. The van der Waals surface area contributed by atoms with E-state index < -0.39 is 12.1 Å². The number of hydrogen-bond donors (Lipinski definition) is 3. The van der Waals surface area contributed by atoms with Gasteiger partial charge in [0.05, 0.1) is 18.8 Å².